The Morgan fingerprint density at radius 2 is 0.791 bits per heavy atom. The van der Waals surface area contributed by atoms with Crippen molar-refractivity contribution in [2.75, 3.05) is 26.2 Å². The van der Waals surface area contributed by atoms with Gasteiger partial charge in [-0.25, -0.2) is 0 Å². The summed E-state index contributed by atoms with van der Waals surface area (Å²) in [6.45, 7) is 9.26. The number of allylic oxidation sites excluding steroid dienone is 2. The molecule has 0 bridgehead atoms. The highest BCUT2D eigenvalue weighted by molar-refractivity contribution is 5.71. The van der Waals surface area contributed by atoms with E-state index in [-0.39, 0.29) is 24.1 Å². The maximum atomic E-state index is 12.0. The van der Waals surface area contributed by atoms with Crippen LogP contribution in [0.4, 0.5) is 0 Å². The Morgan fingerprint density at radius 1 is 0.488 bits per heavy atom. The molecule has 0 fully saturated rings. The van der Waals surface area contributed by atoms with Crippen molar-refractivity contribution in [1.82, 2.24) is 0 Å². The van der Waals surface area contributed by atoms with Crippen molar-refractivity contribution in [2.45, 2.75) is 156 Å². The third-order valence-corrected chi connectivity index (χ3v) is 9.24. The smallest absolute Gasteiger partial charge is 0.312 e. The van der Waals surface area contributed by atoms with Gasteiger partial charge in [0.15, 0.2) is 0 Å². The fraction of sp³-hybridized carbons (Fsp3) is 0.861. The van der Waals surface area contributed by atoms with Gasteiger partial charge in [0, 0.05) is 0 Å². The molecule has 0 saturated heterocycles. The molecule has 0 aliphatic heterocycles. The summed E-state index contributed by atoms with van der Waals surface area (Å²) < 4.78 is 0.258. The fourth-order valence-electron chi connectivity index (χ4n) is 6.27. The first kappa shape index (κ1) is 41.1. The van der Waals surface area contributed by atoms with Gasteiger partial charge in [0.1, 0.15) is 17.8 Å². The van der Waals surface area contributed by atoms with Crippen molar-refractivity contribution in [3.63, 3.8) is 0 Å². The van der Waals surface area contributed by atoms with Crippen LogP contribution < -0.4 is 0 Å². The van der Waals surface area contributed by atoms with E-state index in [0.29, 0.717) is 25.8 Å². The first-order chi connectivity index (χ1) is 20.7. The third kappa shape index (κ3) is 20.7. The van der Waals surface area contributed by atoms with Crippen molar-refractivity contribution < 1.29 is 34.2 Å². The van der Waals surface area contributed by atoms with E-state index in [1.807, 2.05) is 20.8 Å². The minimum Gasteiger partial charge on any atom is -0.481 e. The van der Waals surface area contributed by atoms with Crippen LogP contribution in [-0.4, -0.2) is 63.9 Å². The number of unbranched alkanes of at least 4 members (excludes halogenated alkanes) is 15. The Kier molecular flexibility index (Phi) is 25.3. The first-order valence-corrected chi connectivity index (χ1v) is 17.8. The van der Waals surface area contributed by atoms with Crippen molar-refractivity contribution in [1.29, 1.82) is 0 Å². The second-order valence-electron chi connectivity index (χ2n) is 12.9. The molecule has 0 aromatic rings. The van der Waals surface area contributed by atoms with Crippen LogP contribution in [0.25, 0.3) is 0 Å². The molecule has 3 N–H and O–H groups in total. The first-order valence-electron chi connectivity index (χ1n) is 17.8. The number of carboxylic acids is 3. The number of nitrogens with zero attached hydrogens (tertiary/aromatic N) is 1. The lowest BCUT2D eigenvalue weighted by Crippen LogP contribution is -2.58. The van der Waals surface area contributed by atoms with Crippen molar-refractivity contribution in [3.05, 3.63) is 12.2 Å². The molecule has 0 aliphatic rings. The number of hydrogen-bond donors (Lipinski definition) is 3. The van der Waals surface area contributed by atoms with Gasteiger partial charge in [-0.1, -0.05) is 110 Å². The van der Waals surface area contributed by atoms with Crippen LogP contribution >= 0.6 is 0 Å². The Balaban J connectivity index is 4.63. The molecule has 0 radical (unpaired) electrons. The second-order valence-corrected chi connectivity index (χ2v) is 12.9. The third-order valence-electron chi connectivity index (χ3n) is 9.24. The Hall–Kier alpha value is -1.89. The molecule has 252 valence electrons. The Morgan fingerprint density at radius 3 is 1.09 bits per heavy atom. The van der Waals surface area contributed by atoms with Crippen molar-refractivity contribution in [2.24, 2.45) is 17.8 Å². The highest BCUT2D eigenvalue weighted by Gasteiger charge is 2.40. The highest BCUT2D eigenvalue weighted by atomic mass is 16.4. The molecule has 0 aromatic carbocycles. The van der Waals surface area contributed by atoms with Crippen LogP contribution in [0.1, 0.15) is 156 Å². The van der Waals surface area contributed by atoms with E-state index < -0.39 is 35.7 Å². The fourth-order valence-corrected chi connectivity index (χ4v) is 6.27. The van der Waals surface area contributed by atoms with Gasteiger partial charge in [-0.3, -0.25) is 14.4 Å². The summed E-state index contributed by atoms with van der Waals surface area (Å²) in [6.07, 6.45) is 27.0. The van der Waals surface area contributed by atoms with E-state index in [0.717, 1.165) is 19.3 Å². The van der Waals surface area contributed by atoms with Crippen LogP contribution in [0, 0.1) is 17.8 Å². The largest absolute Gasteiger partial charge is 0.481 e. The number of aliphatic carboxylic acids is 3. The zero-order chi connectivity index (χ0) is 32.3. The van der Waals surface area contributed by atoms with E-state index in [4.69, 9.17) is 0 Å². The van der Waals surface area contributed by atoms with Gasteiger partial charge in [0.25, 0.3) is 0 Å². The molecule has 0 heterocycles. The number of hydrogen-bond acceptors (Lipinski definition) is 3. The van der Waals surface area contributed by atoms with E-state index in [9.17, 15) is 29.7 Å². The van der Waals surface area contributed by atoms with Gasteiger partial charge in [-0.05, 0) is 57.8 Å². The zero-order valence-electron chi connectivity index (χ0n) is 28.4. The van der Waals surface area contributed by atoms with Crippen LogP contribution in [0.3, 0.4) is 0 Å². The standard InChI is InChI=1S/C36H67NO6/c1-5-9-10-11-12-13-14-15-16-17-18-19-20-21-22-23-24-25-26-27-37(28-31(6-2)34(38)39,29-32(7-3)35(40)41)30-33(8-4)36(42)43/h14-15,31-33H,5-13,16-30H2,1-4H3,(H2-,38,39,40,41,42,43)/p+1/b15-14+. The average molecular weight is 611 g/mol. The topological polar surface area (TPSA) is 112 Å². The average Bonchev–Trinajstić information content (AvgIpc) is 2.98. The molecular formula is C36H68NO6+. The Bertz CT molecular complexity index is 692. The van der Waals surface area contributed by atoms with Crippen molar-refractivity contribution in [3.8, 4) is 0 Å². The molecule has 0 spiro atoms. The van der Waals surface area contributed by atoms with E-state index in [1.54, 1.807) is 0 Å². The molecule has 0 saturated carbocycles. The highest BCUT2D eigenvalue weighted by Crippen LogP contribution is 2.25. The minimum absolute atomic E-state index is 0.258. The summed E-state index contributed by atoms with van der Waals surface area (Å²) in [5, 5.41) is 29.5. The number of carboxylic acid groups (broad SMARTS) is 3. The predicted octanol–water partition coefficient (Wildman–Crippen LogP) is 9.34. The van der Waals surface area contributed by atoms with Gasteiger partial charge >= 0.3 is 17.9 Å². The molecule has 0 aromatic heterocycles. The van der Waals surface area contributed by atoms with Gasteiger partial charge in [-0.2, -0.15) is 0 Å². The SMILES string of the molecule is CCCCCCC/C=C/CCCCCCCCCCCC[N+](CC(CC)C(=O)O)(CC(CC)C(=O)O)CC(CC)C(=O)O. The predicted molar refractivity (Wildman–Crippen MR) is 177 cm³/mol. The lowest BCUT2D eigenvalue weighted by atomic mass is 9.95. The van der Waals surface area contributed by atoms with Gasteiger partial charge in [0.05, 0.1) is 26.2 Å². The number of rotatable bonds is 31. The lowest BCUT2D eigenvalue weighted by Gasteiger charge is -2.43. The molecule has 0 amide bonds. The van der Waals surface area contributed by atoms with Gasteiger partial charge < -0.3 is 19.8 Å². The van der Waals surface area contributed by atoms with E-state index in [1.165, 1.54) is 89.9 Å². The van der Waals surface area contributed by atoms with Crippen LogP contribution in [0.15, 0.2) is 12.2 Å². The summed E-state index contributed by atoms with van der Waals surface area (Å²) in [7, 11) is 0. The van der Waals surface area contributed by atoms with E-state index in [2.05, 4.69) is 19.1 Å². The van der Waals surface area contributed by atoms with E-state index >= 15 is 0 Å². The van der Waals surface area contributed by atoms with Crippen LogP contribution in [0.2, 0.25) is 0 Å². The summed E-state index contributed by atoms with van der Waals surface area (Å²) >= 11 is 0. The molecule has 3 unspecified atom stereocenters. The number of carbonyl (C=O) groups is 3. The van der Waals surface area contributed by atoms with Crippen molar-refractivity contribution >= 4 is 17.9 Å². The van der Waals surface area contributed by atoms with Crippen LogP contribution in [-0.2, 0) is 14.4 Å². The molecule has 3 atom stereocenters. The lowest BCUT2D eigenvalue weighted by molar-refractivity contribution is -0.935. The molecule has 7 heteroatoms. The normalized spacial score (nSPS) is 15.3. The maximum Gasteiger partial charge on any atom is 0.312 e. The number of quaternary nitrogens is 1. The van der Waals surface area contributed by atoms with Gasteiger partial charge in [0.2, 0.25) is 0 Å². The monoisotopic (exact) mass is 611 g/mol. The molecule has 0 aliphatic carbocycles. The summed E-state index contributed by atoms with van der Waals surface area (Å²) in [5.41, 5.74) is 0. The Labute approximate surface area is 264 Å². The molecule has 0 rings (SSSR count). The zero-order valence-corrected chi connectivity index (χ0v) is 28.4. The summed E-state index contributed by atoms with van der Waals surface area (Å²) in [6, 6.07) is 0. The summed E-state index contributed by atoms with van der Waals surface area (Å²) in [4.78, 5) is 36.0. The maximum absolute atomic E-state index is 12.0. The molecule has 43 heavy (non-hydrogen) atoms. The molecule has 7 nitrogen and oxygen atoms in total. The second kappa shape index (κ2) is 26.5. The minimum atomic E-state index is -0.888. The van der Waals surface area contributed by atoms with Crippen LogP contribution in [0.5, 0.6) is 0 Å². The summed E-state index contributed by atoms with van der Waals surface area (Å²) in [5.74, 6) is -4.51. The van der Waals surface area contributed by atoms with Gasteiger partial charge in [-0.15, -0.1) is 0 Å². The quantitative estimate of drug-likeness (QED) is 0.0410. The molecular weight excluding hydrogens is 542 g/mol.